The van der Waals surface area contributed by atoms with Crippen LogP contribution in [0, 0.1) is 5.92 Å². The maximum absolute atomic E-state index is 12.3. The number of rotatable bonds is 4. The Balaban J connectivity index is 1.94. The van der Waals surface area contributed by atoms with E-state index >= 15 is 0 Å². The van der Waals surface area contributed by atoms with Gasteiger partial charge >= 0.3 is 5.97 Å². The highest BCUT2D eigenvalue weighted by Gasteiger charge is 2.29. The van der Waals surface area contributed by atoms with E-state index in [9.17, 15) is 9.59 Å². The van der Waals surface area contributed by atoms with Gasteiger partial charge in [0.2, 0.25) is 0 Å². The second kappa shape index (κ2) is 6.84. The molecule has 0 saturated carbocycles. The molecule has 0 fully saturated rings. The van der Waals surface area contributed by atoms with E-state index in [0.29, 0.717) is 21.4 Å². The standard InChI is InChI=1S/C17H19NO3S2/c1-3-10-6-7-11-13(9-10)23-16(14(11)17(20)21-2)18-15(19)12-5-4-8-22-12/h4-5,8,10H,3,6-7,9H2,1-2H3,(H,18,19). The van der Waals surface area contributed by atoms with E-state index in [1.54, 1.807) is 6.07 Å². The Morgan fingerprint density at radius 3 is 2.91 bits per heavy atom. The lowest BCUT2D eigenvalue weighted by Gasteiger charge is -2.20. The van der Waals surface area contributed by atoms with Gasteiger partial charge in [0.15, 0.2) is 0 Å². The third-order valence-corrected chi connectivity index (χ3v) is 6.34. The minimum absolute atomic E-state index is 0.171. The molecule has 0 aliphatic heterocycles. The van der Waals surface area contributed by atoms with Gasteiger partial charge in [0, 0.05) is 4.88 Å². The number of fused-ring (bicyclic) bond motifs is 1. The van der Waals surface area contributed by atoms with E-state index in [4.69, 9.17) is 4.74 Å². The highest BCUT2D eigenvalue weighted by Crippen LogP contribution is 2.41. The highest BCUT2D eigenvalue weighted by molar-refractivity contribution is 7.17. The maximum atomic E-state index is 12.3. The molecule has 1 atom stereocenters. The smallest absolute Gasteiger partial charge is 0.341 e. The number of methoxy groups -OCH3 is 1. The third kappa shape index (κ3) is 3.19. The van der Waals surface area contributed by atoms with Crippen LogP contribution in [0.25, 0.3) is 0 Å². The number of carbonyl (C=O) groups is 2. The van der Waals surface area contributed by atoms with Crippen molar-refractivity contribution < 1.29 is 14.3 Å². The van der Waals surface area contributed by atoms with Gasteiger partial charge in [-0.15, -0.1) is 22.7 Å². The number of amides is 1. The quantitative estimate of drug-likeness (QED) is 0.834. The summed E-state index contributed by atoms with van der Waals surface area (Å²) in [4.78, 5) is 26.4. The molecular weight excluding hydrogens is 330 g/mol. The molecule has 4 nitrogen and oxygen atoms in total. The normalized spacial score (nSPS) is 16.7. The Morgan fingerprint density at radius 1 is 1.43 bits per heavy atom. The Bertz CT molecular complexity index is 719. The molecule has 2 aromatic rings. The molecule has 122 valence electrons. The van der Waals surface area contributed by atoms with E-state index in [1.165, 1.54) is 34.7 Å². The molecule has 0 bridgehead atoms. The van der Waals surface area contributed by atoms with E-state index in [-0.39, 0.29) is 11.9 Å². The third-order valence-electron chi connectivity index (χ3n) is 4.31. The first-order chi connectivity index (χ1) is 11.1. The fourth-order valence-electron chi connectivity index (χ4n) is 2.98. The van der Waals surface area contributed by atoms with E-state index in [0.717, 1.165) is 31.2 Å². The van der Waals surface area contributed by atoms with Crippen molar-refractivity contribution in [2.24, 2.45) is 5.92 Å². The van der Waals surface area contributed by atoms with E-state index in [1.807, 2.05) is 11.4 Å². The van der Waals surface area contributed by atoms with Crippen molar-refractivity contribution in [2.45, 2.75) is 32.6 Å². The van der Waals surface area contributed by atoms with Crippen LogP contribution in [0.15, 0.2) is 17.5 Å². The van der Waals surface area contributed by atoms with Gasteiger partial charge < -0.3 is 10.1 Å². The Hall–Kier alpha value is -1.66. The van der Waals surface area contributed by atoms with Crippen LogP contribution >= 0.6 is 22.7 Å². The average Bonchev–Trinajstić information content (AvgIpc) is 3.20. The number of nitrogens with one attached hydrogen (secondary N) is 1. The minimum atomic E-state index is -0.362. The number of hydrogen-bond donors (Lipinski definition) is 1. The number of hydrogen-bond acceptors (Lipinski definition) is 5. The van der Waals surface area contributed by atoms with Gasteiger partial charge in [0.1, 0.15) is 5.00 Å². The topological polar surface area (TPSA) is 55.4 Å². The first-order valence-electron chi connectivity index (χ1n) is 7.71. The maximum Gasteiger partial charge on any atom is 0.341 e. The summed E-state index contributed by atoms with van der Waals surface area (Å²) >= 11 is 2.91. The second-order valence-electron chi connectivity index (χ2n) is 5.65. The predicted molar refractivity (Wildman–Crippen MR) is 93.7 cm³/mol. The van der Waals surface area contributed by atoms with Crippen molar-refractivity contribution in [1.82, 2.24) is 0 Å². The molecule has 1 aliphatic rings. The summed E-state index contributed by atoms with van der Waals surface area (Å²) < 4.78 is 4.95. The number of ether oxygens (including phenoxy) is 1. The van der Waals surface area contributed by atoms with Crippen LogP contribution in [0.2, 0.25) is 0 Å². The highest BCUT2D eigenvalue weighted by atomic mass is 32.1. The molecule has 1 aliphatic carbocycles. The lowest BCUT2D eigenvalue weighted by atomic mass is 9.86. The summed E-state index contributed by atoms with van der Waals surface area (Å²) in [6.45, 7) is 2.20. The molecule has 0 aromatic carbocycles. The molecule has 0 saturated heterocycles. The summed E-state index contributed by atoms with van der Waals surface area (Å²) in [5.41, 5.74) is 1.61. The zero-order chi connectivity index (χ0) is 16.4. The average molecular weight is 349 g/mol. The molecule has 6 heteroatoms. The predicted octanol–water partition coefficient (Wildman–Crippen LogP) is 4.36. The lowest BCUT2D eigenvalue weighted by molar-refractivity contribution is 0.0601. The molecular formula is C17H19NO3S2. The van der Waals surface area contributed by atoms with Gasteiger partial charge in [-0.1, -0.05) is 19.4 Å². The monoisotopic (exact) mass is 349 g/mol. The summed E-state index contributed by atoms with van der Waals surface area (Å²) in [7, 11) is 1.38. The second-order valence-corrected chi connectivity index (χ2v) is 7.70. The van der Waals surface area contributed by atoms with Crippen molar-refractivity contribution in [3.63, 3.8) is 0 Å². The summed E-state index contributed by atoms with van der Waals surface area (Å²) in [6, 6.07) is 3.62. The van der Waals surface area contributed by atoms with Gasteiger partial charge in [-0.2, -0.15) is 0 Å². The number of esters is 1. The molecule has 2 aromatic heterocycles. The summed E-state index contributed by atoms with van der Waals surface area (Å²) in [6.07, 6.45) is 4.09. The van der Waals surface area contributed by atoms with Gasteiger partial charge in [-0.05, 0) is 42.2 Å². The SMILES string of the molecule is CCC1CCc2c(sc(NC(=O)c3cccs3)c2C(=O)OC)C1. The van der Waals surface area contributed by atoms with Gasteiger partial charge in [-0.3, -0.25) is 4.79 Å². The number of carbonyl (C=O) groups excluding carboxylic acids is 2. The van der Waals surface area contributed by atoms with Crippen LogP contribution in [-0.4, -0.2) is 19.0 Å². The van der Waals surface area contributed by atoms with E-state index in [2.05, 4.69) is 12.2 Å². The Morgan fingerprint density at radius 2 is 2.26 bits per heavy atom. The Kier molecular flexibility index (Phi) is 4.82. The zero-order valence-corrected chi connectivity index (χ0v) is 14.8. The van der Waals surface area contributed by atoms with Crippen molar-refractivity contribution >= 4 is 39.6 Å². The van der Waals surface area contributed by atoms with Gasteiger partial charge in [0.05, 0.1) is 17.6 Å². The van der Waals surface area contributed by atoms with Gasteiger partial charge in [-0.25, -0.2) is 4.79 Å². The molecule has 3 rings (SSSR count). The van der Waals surface area contributed by atoms with Crippen molar-refractivity contribution in [3.05, 3.63) is 38.4 Å². The number of thiophene rings is 2. The van der Waals surface area contributed by atoms with Crippen molar-refractivity contribution in [3.8, 4) is 0 Å². The first kappa shape index (κ1) is 16.2. The fraction of sp³-hybridized carbons (Fsp3) is 0.412. The molecule has 0 spiro atoms. The molecule has 2 heterocycles. The number of anilines is 1. The van der Waals surface area contributed by atoms with Crippen molar-refractivity contribution in [2.75, 3.05) is 12.4 Å². The van der Waals surface area contributed by atoms with Crippen molar-refractivity contribution in [1.29, 1.82) is 0 Å². The van der Waals surface area contributed by atoms with E-state index < -0.39 is 0 Å². The molecule has 23 heavy (non-hydrogen) atoms. The summed E-state index contributed by atoms with van der Waals surface area (Å²) in [5.74, 6) is 0.127. The van der Waals surface area contributed by atoms with Crippen LogP contribution in [0.5, 0.6) is 0 Å². The van der Waals surface area contributed by atoms with Crippen LogP contribution in [-0.2, 0) is 17.6 Å². The minimum Gasteiger partial charge on any atom is -0.465 e. The first-order valence-corrected chi connectivity index (χ1v) is 9.41. The molecule has 1 unspecified atom stereocenters. The van der Waals surface area contributed by atoms with Crippen LogP contribution in [0.4, 0.5) is 5.00 Å². The van der Waals surface area contributed by atoms with Crippen LogP contribution < -0.4 is 5.32 Å². The Labute approximate surface area is 143 Å². The lowest BCUT2D eigenvalue weighted by Crippen LogP contribution is -2.16. The van der Waals surface area contributed by atoms with Crippen LogP contribution in [0.3, 0.4) is 0 Å². The van der Waals surface area contributed by atoms with Crippen LogP contribution in [0.1, 0.15) is 50.2 Å². The van der Waals surface area contributed by atoms with Gasteiger partial charge in [0.25, 0.3) is 5.91 Å². The zero-order valence-electron chi connectivity index (χ0n) is 13.2. The largest absolute Gasteiger partial charge is 0.465 e. The molecule has 0 radical (unpaired) electrons. The fourth-order valence-corrected chi connectivity index (χ4v) is 4.95. The summed E-state index contributed by atoms with van der Waals surface area (Å²) in [5, 5.41) is 5.39. The molecule has 1 amide bonds. The molecule has 1 N–H and O–H groups in total.